The van der Waals surface area contributed by atoms with Crippen molar-refractivity contribution in [3.63, 3.8) is 0 Å². The van der Waals surface area contributed by atoms with Gasteiger partial charge in [-0.05, 0) is 49.1 Å². The third-order valence-corrected chi connectivity index (χ3v) is 4.41. The molecule has 0 saturated heterocycles. The van der Waals surface area contributed by atoms with E-state index in [9.17, 15) is 9.18 Å². The van der Waals surface area contributed by atoms with Crippen molar-refractivity contribution in [2.45, 2.75) is 25.2 Å². The van der Waals surface area contributed by atoms with Crippen molar-refractivity contribution < 1.29 is 13.9 Å². The van der Waals surface area contributed by atoms with Gasteiger partial charge in [-0.2, -0.15) is 0 Å². The number of hydrogen-bond donors (Lipinski definition) is 0. The molecule has 2 nitrogen and oxygen atoms in total. The van der Waals surface area contributed by atoms with E-state index in [2.05, 4.69) is 6.07 Å². The number of benzene rings is 2. The van der Waals surface area contributed by atoms with Gasteiger partial charge in [-0.15, -0.1) is 0 Å². The highest BCUT2D eigenvalue weighted by atomic mass is 19.1. The van der Waals surface area contributed by atoms with Gasteiger partial charge >= 0.3 is 0 Å². The number of hydrogen-bond acceptors (Lipinski definition) is 2. The number of ketones is 1. The van der Waals surface area contributed by atoms with Crippen LogP contribution < -0.4 is 4.74 Å². The number of halogens is 1. The summed E-state index contributed by atoms with van der Waals surface area (Å²) >= 11 is 0. The highest BCUT2D eigenvalue weighted by Crippen LogP contribution is 2.42. The highest BCUT2D eigenvalue weighted by Gasteiger charge is 2.42. The van der Waals surface area contributed by atoms with Crippen molar-refractivity contribution in [2.24, 2.45) is 0 Å². The van der Waals surface area contributed by atoms with Gasteiger partial charge in [0.05, 0.1) is 18.1 Å². The summed E-state index contributed by atoms with van der Waals surface area (Å²) in [5, 5.41) is 0. The summed E-state index contributed by atoms with van der Waals surface area (Å²) in [6.07, 6.45) is 1.61. The van der Waals surface area contributed by atoms with Crippen molar-refractivity contribution in [1.29, 1.82) is 0 Å². The molecule has 1 aliphatic rings. The third-order valence-electron chi connectivity index (χ3n) is 4.41. The molecule has 3 heteroatoms. The Kier molecular flexibility index (Phi) is 3.28. The van der Waals surface area contributed by atoms with Crippen LogP contribution in [0.5, 0.6) is 5.75 Å². The zero-order valence-corrected chi connectivity index (χ0v) is 12.2. The third kappa shape index (κ3) is 2.13. The summed E-state index contributed by atoms with van der Waals surface area (Å²) in [6, 6.07) is 12.1. The smallest absolute Gasteiger partial charge is 0.176 e. The lowest BCUT2D eigenvalue weighted by Gasteiger charge is -2.25. The predicted octanol–water partition coefficient (Wildman–Crippen LogP) is 3.92. The lowest BCUT2D eigenvalue weighted by Crippen LogP contribution is -2.30. The summed E-state index contributed by atoms with van der Waals surface area (Å²) in [4.78, 5) is 13.0. The molecule has 0 fully saturated rings. The van der Waals surface area contributed by atoms with E-state index in [4.69, 9.17) is 4.74 Å². The predicted molar refractivity (Wildman–Crippen MR) is 79.4 cm³/mol. The first-order valence-electron chi connectivity index (χ1n) is 7.03. The van der Waals surface area contributed by atoms with Gasteiger partial charge in [-0.25, -0.2) is 4.39 Å². The zero-order valence-electron chi connectivity index (χ0n) is 12.2. The maximum Gasteiger partial charge on any atom is 0.176 e. The molecule has 0 aliphatic heterocycles. The number of methoxy groups -OCH3 is 1. The normalized spacial score (nSPS) is 20.1. The average Bonchev–Trinajstić information content (AvgIpc) is 2.85. The molecule has 0 heterocycles. The Hall–Kier alpha value is -2.16. The van der Waals surface area contributed by atoms with Crippen LogP contribution in [0.15, 0.2) is 42.5 Å². The van der Waals surface area contributed by atoms with Crippen molar-refractivity contribution in [3.8, 4) is 5.75 Å². The molecule has 108 valence electrons. The molecule has 1 aliphatic carbocycles. The SMILES string of the molecule is COc1ccc(F)cc1C(=O)[C@]1(C)CCc2ccccc21. The molecule has 2 aromatic carbocycles. The lowest BCUT2D eigenvalue weighted by molar-refractivity contribution is 0.0893. The zero-order chi connectivity index (χ0) is 15.0. The van der Waals surface area contributed by atoms with E-state index in [0.717, 1.165) is 18.4 Å². The van der Waals surface area contributed by atoms with E-state index in [-0.39, 0.29) is 5.78 Å². The molecule has 0 N–H and O–H groups in total. The number of ether oxygens (including phenoxy) is 1. The number of carbonyl (C=O) groups is 1. The molecule has 2 aromatic rings. The first-order chi connectivity index (χ1) is 10.1. The van der Waals surface area contributed by atoms with Gasteiger partial charge in [0, 0.05) is 0 Å². The molecule has 1 atom stereocenters. The Morgan fingerprint density at radius 2 is 2.00 bits per heavy atom. The minimum absolute atomic E-state index is 0.0798. The van der Waals surface area contributed by atoms with Crippen LogP contribution in [0.3, 0.4) is 0 Å². The fraction of sp³-hybridized carbons (Fsp3) is 0.278. The van der Waals surface area contributed by atoms with Crippen LogP contribution in [0, 0.1) is 5.82 Å². The van der Waals surface area contributed by atoms with E-state index in [1.807, 2.05) is 25.1 Å². The minimum atomic E-state index is -0.613. The lowest BCUT2D eigenvalue weighted by atomic mass is 9.77. The molecule has 0 saturated carbocycles. The first kappa shape index (κ1) is 13.8. The van der Waals surface area contributed by atoms with Crippen LogP contribution in [-0.2, 0) is 11.8 Å². The number of Topliss-reactive ketones (excluding diaryl/α,β-unsaturated/α-hetero) is 1. The molecule has 0 unspecified atom stereocenters. The summed E-state index contributed by atoms with van der Waals surface area (Å²) < 4.78 is 18.8. The molecular weight excluding hydrogens is 267 g/mol. The number of aryl methyl sites for hydroxylation is 1. The van der Waals surface area contributed by atoms with Crippen LogP contribution in [0.4, 0.5) is 4.39 Å². The van der Waals surface area contributed by atoms with Crippen LogP contribution in [0.25, 0.3) is 0 Å². The van der Waals surface area contributed by atoms with E-state index in [1.54, 1.807) is 0 Å². The molecule has 0 spiro atoms. The van der Waals surface area contributed by atoms with Crippen LogP contribution in [-0.4, -0.2) is 12.9 Å². The van der Waals surface area contributed by atoms with Crippen LogP contribution in [0.2, 0.25) is 0 Å². The van der Waals surface area contributed by atoms with Gasteiger partial charge < -0.3 is 4.74 Å². The number of fused-ring (bicyclic) bond motifs is 1. The van der Waals surface area contributed by atoms with Crippen LogP contribution >= 0.6 is 0 Å². The monoisotopic (exact) mass is 284 g/mol. The topological polar surface area (TPSA) is 26.3 Å². The molecular formula is C18H17FO2. The van der Waals surface area contributed by atoms with Crippen LogP contribution in [0.1, 0.15) is 34.8 Å². The maximum absolute atomic E-state index is 13.5. The Morgan fingerprint density at radius 3 is 2.76 bits per heavy atom. The van der Waals surface area contributed by atoms with E-state index in [1.165, 1.54) is 30.9 Å². The first-order valence-corrected chi connectivity index (χ1v) is 7.03. The molecule has 0 radical (unpaired) electrons. The largest absolute Gasteiger partial charge is 0.496 e. The highest BCUT2D eigenvalue weighted by molar-refractivity contribution is 6.06. The van der Waals surface area contributed by atoms with Gasteiger partial charge in [0.25, 0.3) is 0 Å². The van der Waals surface area contributed by atoms with Crippen molar-refractivity contribution in [2.75, 3.05) is 7.11 Å². The number of carbonyl (C=O) groups excluding carboxylic acids is 1. The molecule has 0 aromatic heterocycles. The van der Waals surface area contributed by atoms with Crippen molar-refractivity contribution in [3.05, 3.63) is 65.0 Å². The van der Waals surface area contributed by atoms with E-state index < -0.39 is 11.2 Å². The summed E-state index contributed by atoms with van der Waals surface area (Å²) in [7, 11) is 1.49. The second-order valence-electron chi connectivity index (χ2n) is 5.66. The fourth-order valence-corrected chi connectivity index (χ4v) is 3.19. The average molecular weight is 284 g/mol. The molecule has 21 heavy (non-hydrogen) atoms. The summed E-state index contributed by atoms with van der Waals surface area (Å²) in [5.41, 5.74) is 1.94. The summed E-state index contributed by atoms with van der Waals surface area (Å²) in [5.74, 6) is -0.0789. The van der Waals surface area contributed by atoms with Crippen molar-refractivity contribution in [1.82, 2.24) is 0 Å². The second kappa shape index (κ2) is 4.99. The van der Waals surface area contributed by atoms with E-state index in [0.29, 0.717) is 11.3 Å². The Labute approximate surface area is 123 Å². The van der Waals surface area contributed by atoms with E-state index >= 15 is 0 Å². The molecule has 3 rings (SSSR count). The van der Waals surface area contributed by atoms with Gasteiger partial charge in [0.15, 0.2) is 5.78 Å². The van der Waals surface area contributed by atoms with Gasteiger partial charge in [-0.3, -0.25) is 4.79 Å². The minimum Gasteiger partial charge on any atom is -0.496 e. The standard InChI is InChI=1S/C18H17FO2/c1-18(10-9-12-5-3-4-6-15(12)18)17(20)14-11-13(19)7-8-16(14)21-2/h3-8,11H,9-10H2,1-2H3/t18-/m1/s1. The molecule has 0 amide bonds. The quantitative estimate of drug-likeness (QED) is 0.798. The number of rotatable bonds is 3. The van der Waals surface area contributed by atoms with Gasteiger partial charge in [0.2, 0.25) is 0 Å². The maximum atomic E-state index is 13.5. The van der Waals surface area contributed by atoms with Gasteiger partial charge in [0.1, 0.15) is 11.6 Å². The van der Waals surface area contributed by atoms with Crippen molar-refractivity contribution >= 4 is 5.78 Å². The second-order valence-corrected chi connectivity index (χ2v) is 5.66. The fourth-order valence-electron chi connectivity index (χ4n) is 3.19. The Balaban J connectivity index is 2.09. The summed E-state index contributed by atoms with van der Waals surface area (Å²) in [6.45, 7) is 1.94. The Bertz CT molecular complexity index is 708. The molecule has 0 bridgehead atoms. The Morgan fingerprint density at radius 1 is 1.24 bits per heavy atom. The van der Waals surface area contributed by atoms with Gasteiger partial charge in [-0.1, -0.05) is 24.3 Å².